The lowest BCUT2D eigenvalue weighted by molar-refractivity contribution is -0.155. The summed E-state index contributed by atoms with van der Waals surface area (Å²) >= 11 is 0. The van der Waals surface area contributed by atoms with Crippen LogP contribution in [0.3, 0.4) is 0 Å². The van der Waals surface area contributed by atoms with Crippen molar-refractivity contribution in [3.63, 3.8) is 0 Å². The summed E-state index contributed by atoms with van der Waals surface area (Å²) in [4.78, 5) is 39.7. The molecule has 0 spiro atoms. The van der Waals surface area contributed by atoms with E-state index in [4.69, 9.17) is 19.3 Å². The Bertz CT molecular complexity index is 759. The molecule has 0 saturated carbocycles. The minimum absolute atomic E-state index is 0.172. The van der Waals surface area contributed by atoms with Crippen molar-refractivity contribution in [2.75, 3.05) is 40.4 Å². The van der Waals surface area contributed by atoms with Gasteiger partial charge in [-0.25, -0.2) is 4.79 Å². The first-order valence-electron chi connectivity index (χ1n) is 9.13. The number of nitrogens with zero attached hydrogens (tertiary/aromatic N) is 2. The average molecular weight is 392 g/mol. The molecule has 1 N–H and O–H groups in total. The molecule has 2 fully saturated rings. The Labute approximate surface area is 162 Å². The predicted molar refractivity (Wildman–Crippen MR) is 97.6 cm³/mol. The van der Waals surface area contributed by atoms with E-state index in [0.29, 0.717) is 56.1 Å². The molecule has 152 valence electrons. The Morgan fingerprint density at radius 1 is 1.00 bits per heavy atom. The van der Waals surface area contributed by atoms with Gasteiger partial charge >= 0.3 is 5.97 Å². The molecule has 2 aliphatic heterocycles. The van der Waals surface area contributed by atoms with E-state index in [1.165, 1.54) is 7.11 Å². The topological polar surface area (TPSA) is 106 Å². The number of carboxylic acid groups (broad SMARTS) is 1. The van der Waals surface area contributed by atoms with Gasteiger partial charge in [-0.1, -0.05) is 0 Å². The summed E-state index contributed by atoms with van der Waals surface area (Å²) in [5.41, 5.74) is 0.437. The zero-order valence-corrected chi connectivity index (χ0v) is 15.9. The summed E-state index contributed by atoms with van der Waals surface area (Å²) in [6.07, 6.45) is -0.899. The fourth-order valence-electron chi connectivity index (χ4n) is 3.48. The van der Waals surface area contributed by atoms with Gasteiger partial charge in [-0.3, -0.25) is 9.59 Å². The van der Waals surface area contributed by atoms with E-state index in [2.05, 4.69) is 0 Å². The third-order valence-electron chi connectivity index (χ3n) is 5.09. The predicted octanol–water partition coefficient (Wildman–Crippen LogP) is 0.620. The Morgan fingerprint density at radius 3 is 2.21 bits per heavy atom. The molecule has 0 bridgehead atoms. The van der Waals surface area contributed by atoms with E-state index in [9.17, 15) is 14.4 Å². The summed E-state index contributed by atoms with van der Waals surface area (Å²) in [6, 6.07) is 5.02. The first-order valence-corrected chi connectivity index (χ1v) is 9.13. The summed E-state index contributed by atoms with van der Waals surface area (Å²) < 4.78 is 15.8. The summed E-state index contributed by atoms with van der Waals surface area (Å²) in [5.74, 6) is -0.395. The molecule has 2 saturated heterocycles. The molecule has 1 aromatic rings. The number of carboxylic acids is 1. The number of hydrogen-bond acceptors (Lipinski definition) is 6. The highest BCUT2D eigenvalue weighted by molar-refractivity contribution is 5.97. The van der Waals surface area contributed by atoms with Crippen molar-refractivity contribution in [2.24, 2.45) is 0 Å². The van der Waals surface area contributed by atoms with Gasteiger partial charge in [-0.2, -0.15) is 0 Å². The van der Waals surface area contributed by atoms with Crippen LogP contribution in [0.4, 0.5) is 0 Å². The monoisotopic (exact) mass is 392 g/mol. The van der Waals surface area contributed by atoms with Crippen molar-refractivity contribution in [2.45, 2.75) is 25.0 Å². The number of carbonyl (C=O) groups is 3. The molecule has 0 radical (unpaired) electrons. The van der Waals surface area contributed by atoms with Crippen molar-refractivity contribution < 1.29 is 33.7 Å². The van der Waals surface area contributed by atoms with Gasteiger partial charge in [0.2, 0.25) is 0 Å². The van der Waals surface area contributed by atoms with E-state index in [0.717, 1.165) is 0 Å². The number of piperazine rings is 1. The summed E-state index contributed by atoms with van der Waals surface area (Å²) in [5, 5.41) is 8.99. The Morgan fingerprint density at radius 2 is 1.64 bits per heavy atom. The number of benzene rings is 1. The molecule has 3 rings (SSSR count). The second-order valence-corrected chi connectivity index (χ2v) is 6.71. The van der Waals surface area contributed by atoms with Crippen LogP contribution in [0.25, 0.3) is 0 Å². The first-order chi connectivity index (χ1) is 13.4. The Balaban J connectivity index is 1.59. The molecule has 1 aromatic carbocycles. The van der Waals surface area contributed by atoms with Crippen LogP contribution < -0.4 is 9.47 Å². The van der Waals surface area contributed by atoms with Gasteiger partial charge in [-0.15, -0.1) is 0 Å². The van der Waals surface area contributed by atoms with Gasteiger partial charge in [0.15, 0.2) is 6.10 Å². The number of aliphatic carboxylic acids is 1. The van der Waals surface area contributed by atoms with Crippen LogP contribution in [0, 0.1) is 0 Å². The lowest BCUT2D eigenvalue weighted by atomic mass is 10.1. The number of amides is 2. The van der Waals surface area contributed by atoms with Crippen molar-refractivity contribution in [1.82, 2.24) is 9.80 Å². The maximum atomic E-state index is 12.8. The van der Waals surface area contributed by atoms with Gasteiger partial charge in [0.1, 0.15) is 17.6 Å². The van der Waals surface area contributed by atoms with Crippen LogP contribution in [-0.2, 0) is 14.3 Å². The highest BCUT2D eigenvalue weighted by Gasteiger charge is 2.38. The maximum absolute atomic E-state index is 12.8. The van der Waals surface area contributed by atoms with E-state index in [1.807, 2.05) is 0 Å². The summed E-state index contributed by atoms with van der Waals surface area (Å²) in [6.45, 7) is 1.52. The minimum Gasteiger partial charge on any atom is -0.497 e. The van der Waals surface area contributed by atoms with Crippen LogP contribution in [0.15, 0.2) is 18.2 Å². The number of ether oxygens (including phenoxy) is 3. The molecule has 2 amide bonds. The molecule has 9 heteroatoms. The zero-order chi connectivity index (χ0) is 20.3. The van der Waals surface area contributed by atoms with Gasteiger partial charge in [0, 0.05) is 32.2 Å². The molecule has 28 heavy (non-hydrogen) atoms. The van der Waals surface area contributed by atoms with E-state index in [-0.39, 0.29) is 11.8 Å². The second-order valence-electron chi connectivity index (χ2n) is 6.71. The number of carbonyl (C=O) groups excluding carboxylic acids is 2. The van der Waals surface area contributed by atoms with Crippen LogP contribution in [0.1, 0.15) is 23.2 Å². The van der Waals surface area contributed by atoms with Crippen molar-refractivity contribution in [3.05, 3.63) is 23.8 Å². The average Bonchev–Trinajstić information content (AvgIpc) is 3.23. The molecule has 0 aliphatic carbocycles. The van der Waals surface area contributed by atoms with Gasteiger partial charge in [0.25, 0.3) is 11.8 Å². The Kier molecular flexibility index (Phi) is 6.03. The van der Waals surface area contributed by atoms with Crippen LogP contribution in [-0.4, -0.2) is 85.3 Å². The highest BCUT2D eigenvalue weighted by Crippen LogP contribution is 2.27. The molecule has 2 atom stereocenters. The van der Waals surface area contributed by atoms with Crippen molar-refractivity contribution in [3.8, 4) is 11.5 Å². The quantitative estimate of drug-likeness (QED) is 0.783. The standard InChI is InChI=1S/C19H24N2O7/c1-26-12-3-4-13(16(11-12)27-2)17(22)20-7-9-21(10-8-20)18(23)14-5-6-15(28-14)19(24)25/h3-4,11,14-15H,5-10H2,1-2H3,(H,24,25)/t14-,15+/m0/s1. The highest BCUT2D eigenvalue weighted by atomic mass is 16.5. The molecular formula is C19H24N2O7. The molecule has 0 aromatic heterocycles. The largest absolute Gasteiger partial charge is 0.497 e. The number of hydrogen-bond donors (Lipinski definition) is 1. The first kappa shape index (κ1) is 19.9. The maximum Gasteiger partial charge on any atom is 0.332 e. The van der Waals surface area contributed by atoms with Crippen LogP contribution >= 0.6 is 0 Å². The second kappa shape index (κ2) is 8.47. The third-order valence-corrected chi connectivity index (χ3v) is 5.09. The molecule has 9 nitrogen and oxygen atoms in total. The SMILES string of the molecule is COc1ccc(C(=O)N2CCN(C(=O)[C@@H]3CC[C@H](C(=O)O)O3)CC2)c(OC)c1. The fraction of sp³-hybridized carbons (Fsp3) is 0.526. The molecular weight excluding hydrogens is 368 g/mol. The third kappa shape index (κ3) is 4.04. The minimum atomic E-state index is -1.04. The van der Waals surface area contributed by atoms with Gasteiger partial charge in [0.05, 0.1) is 19.8 Å². The molecule has 0 unspecified atom stereocenters. The van der Waals surface area contributed by atoms with Gasteiger partial charge in [-0.05, 0) is 25.0 Å². The molecule has 2 heterocycles. The number of rotatable bonds is 5. The zero-order valence-electron chi connectivity index (χ0n) is 15.9. The van der Waals surface area contributed by atoms with Crippen LogP contribution in [0.5, 0.6) is 11.5 Å². The van der Waals surface area contributed by atoms with Gasteiger partial charge < -0.3 is 29.1 Å². The van der Waals surface area contributed by atoms with Crippen LogP contribution in [0.2, 0.25) is 0 Å². The van der Waals surface area contributed by atoms with E-state index >= 15 is 0 Å². The van der Waals surface area contributed by atoms with E-state index in [1.54, 1.807) is 35.1 Å². The van der Waals surface area contributed by atoms with Crippen molar-refractivity contribution >= 4 is 17.8 Å². The summed E-state index contributed by atoms with van der Waals surface area (Å²) in [7, 11) is 3.04. The normalized spacial score (nSPS) is 22.1. The lowest BCUT2D eigenvalue weighted by Crippen LogP contribution is -2.53. The smallest absolute Gasteiger partial charge is 0.332 e. The Hall–Kier alpha value is -2.81. The number of methoxy groups -OCH3 is 2. The lowest BCUT2D eigenvalue weighted by Gasteiger charge is -2.36. The fourth-order valence-corrected chi connectivity index (χ4v) is 3.48. The van der Waals surface area contributed by atoms with E-state index < -0.39 is 18.2 Å². The molecule has 2 aliphatic rings. The van der Waals surface area contributed by atoms with Crippen molar-refractivity contribution in [1.29, 1.82) is 0 Å².